The van der Waals surface area contributed by atoms with Crippen LogP contribution in [0.25, 0.3) is 16.7 Å². The number of carbonyl (C=O) groups excluding carboxylic acids is 2. The molecule has 0 spiro atoms. The van der Waals surface area contributed by atoms with Gasteiger partial charge >= 0.3 is 46.7 Å². The van der Waals surface area contributed by atoms with E-state index in [1.165, 1.54) is 64.5 Å². The van der Waals surface area contributed by atoms with Crippen molar-refractivity contribution in [2.75, 3.05) is 13.2 Å². The number of allylic oxidation sites excluding steroid dienone is 3. The Labute approximate surface area is 889 Å². The van der Waals surface area contributed by atoms with E-state index in [1.807, 2.05) is 68.4 Å². The van der Waals surface area contributed by atoms with Crippen LogP contribution in [0.2, 0.25) is 36.3 Å². The number of aliphatic hydroxyl groups excluding tert-OH is 4. The summed E-state index contributed by atoms with van der Waals surface area (Å²) in [4.78, 5) is 25.0. The molecule has 0 unspecified atom stereocenters. The van der Waals surface area contributed by atoms with Crippen molar-refractivity contribution < 1.29 is 109 Å². The molecule has 0 aromatic heterocycles. The van der Waals surface area contributed by atoms with E-state index in [4.69, 9.17) is 65.5 Å². The topological polar surface area (TPSA) is 264 Å². The summed E-state index contributed by atoms with van der Waals surface area (Å²) in [6.07, 6.45) is 9.43. The number of rotatable bonds is 19. The maximum Gasteiger partial charge on any atom is 0.335 e. The van der Waals surface area contributed by atoms with E-state index < -0.39 is 67.0 Å². The second-order valence-electron chi connectivity index (χ2n) is 40.9. The first-order chi connectivity index (χ1) is 66.9. The van der Waals surface area contributed by atoms with Crippen LogP contribution < -0.4 is 31.1 Å². The molecule has 0 bridgehead atoms. The molecule has 0 saturated carbocycles. The number of ether oxygens (including phenoxy) is 2. The number of benzene rings is 9. The van der Waals surface area contributed by atoms with Crippen molar-refractivity contribution in [1.82, 2.24) is 0 Å². The molecule has 4 N–H and O–H groups in total. The summed E-state index contributed by atoms with van der Waals surface area (Å²) in [5.41, 5.74) is 7.79. The largest absolute Gasteiger partial charge is 0.462 e. The molecule has 2 radical (unpaired) electrons. The van der Waals surface area contributed by atoms with E-state index in [-0.39, 0.29) is 138 Å². The van der Waals surface area contributed by atoms with Gasteiger partial charge in [-0.3, -0.25) is 9.59 Å². The van der Waals surface area contributed by atoms with E-state index in [1.54, 1.807) is 0 Å². The number of hydrogen-bond donors (Lipinski definition) is 4. The zero-order valence-corrected chi connectivity index (χ0v) is 98.4. The third-order valence-electron chi connectivity index (χ3n) is 30.1. The molecule has 5 aliphatic rings. The third kappa shape index (κ3) is 35.2. The smallest absolute Gasteiger partial charge is 0.335 e. The zero-order chi connectivity index (χ0) is 105. The van der Waals surface area contributed by atoms with Gasteiger partial charge < -0.3 is 43.2 Å². The second-order valence-corrected chi connectivity index (χ2v) is 59.0. The number of carbonyl (C=O) groups is 2. The van der Waals surface area contributed by atoms with Gasteiger partial charge in [0.05, 0.1) is 42.4 Å². The van der Waals surface area contributed by atoms with Crippen molar-refractivity contribution >= 4 is 146 Å². The summed E-state index contributed by atoms with van der Waals surface area (Å²) in [5, 5.41) is 47.4. The Hall–Kier alpha value is -7.41. The molecule has 14 rings (SSSR count). The van der Waals surface area contributed by atoms with Gasteiger partial charge in [0.15, 0.2) is 16.6 Å². The van der Waals surface area contributed by atoms with E-state index in [2.05, 4.69) is 389 Å². The van der Waals surface area contributed by atoms with Gasteiger partial charge in [-0.15, -0.1) is 11.1 Å². The predicted molar refractivity (Wildman–Crippen MR) is 588 cm³/mol. The SMILES string of the molecule is C[C@@H]1[C@@H](O)[C@H](C)C(c2ccccc2)=CC[C@@H]1C.C[C@@H]1[C@H](C)[C@H](C)C(c2ccccc2)=CC[C@@H]1O.C[C@@H]1[C@H](O)[C@H](C)C(c2ccccc2)=CC[C@@H]1C.C[C@@H]1[C@H](O[Si](C)(C)C(C)(C)C)[C@H](C)C(=O)O[C@H]1CCO.C[C@@H]1[C@H](O[Si](C)(C)C(C)(C)C)[C@H](C)C(=O)O[C@H]1CCO[Si](c1ccccc1)(c1ccccc1)c1ccccc1.Cl[Si](c1ccccc1)(c1ccccc1)c1ccccc1.O=S=O.O=S=O.O=S=O.[2H][B].[U]. The van der Waals surface area contributed by atoms with Gasteiger partial charge in [-0.1, -0.05) is 409 Å². The first kappa shape index (κ1) is 124. The molecule has 2 aliphatic heterocycles. The minimum atomic E-state index is -2.81. The fourth-order valence-corrected chi connectivity index (χ4v) is 29.2. The van der Waals surface area contributed by atoms with Crippen molar-refractivity contribution in [2.45, 2.75) is 243 Å². The third-order valence-corrected chi connectivity index (χ3v) is 48.4. The minimum Gasteiger partial charge on any atom is -0.462 e. The van der Waals surface area contributed by atoms with Crippen molar-refractivity contribution in [3.05, 3.63) is 308 Å². The molecule has 20 atom stereocenters. The Balaban J connectivity index is 0.000000358. The molecular weight excluding hydrogens is 2130 g/mol. The zero-order valence-electron chi connectivity index (χ0n) is 88.0. The van der Waals surface area contributed by atoms with Crippen molar-refractivity contribution in [1.29, 1.82) is 1.34 Å². The first-order valence-corrected chi connectivity index (χ1v) is 61.7. The van der Waals surface area contributed by atoms with Gasteiger partial charge in [0.1, 0.15) is 12.2 Å². The Morgan fingerprint density at radius 2 is 0.617 bits per heavy atom. The van der Waals surface area contributed by atoms with Gasteiger partial charge in [-0.25, -0.2) is 0 Å². The number of aliphatic hydroxyl groups is 4. The van der Waals surface area contributed by atoms with E-state index >= 15 is 0 Å². The molecule has 2 heterocycles. The first-order valence-electron chi connectivity index (χ1n) is 49.5. The van der Waals surface area contributed by atoms with Gasteiger partial charge in [0.25, 0.3) is 8.32 Å². The monoisotopic (exact) mass is 2290 g/mol. The fraction of sp³-hybridized carbons (Fsp3) is 0.456. The van der Waals surface area contributed by atoms with Crippen LogP contribution in [0.3, 0.4) is 0 Å². The predicted octanol–water partition coefficient (Wildman–Crippen LogP) is 20.1. The molecule has 0 amide bonds. The summed E-state index contributed by atoms with van der Waals surface area (Å²) in [6, 6.07) is 94.4. The van der Waals surface area contributed by atoms with Crippen molar-refractivity contribution in [3.63, 3.8) is 0 Å². The molecule has 141 heavy (non-hydrogen) atoms. The molecule has 762 valence electrons. The molecule has 9 aromatic carbocycles. The Morgan fingerprint density at radius 1 is 0.369 bits per heavy atom. The molecule has 3 aliphatic carbocycles. The Morgan fingerprint density at radius 3 is 0.887 bits per heavy atom. The summed E-state index contributed by atoms with van der Waals surface area (Å²) < 4.78 is 86.8. The van der Waals surface area contributed by atoms with Crippen LogP contribution in [-0.4, -0.2) is 156 Å². The van der Waals surface area contributed by atoms with Crippen LogP contribution in [0.5, 0.6) is 0 Å². The summed E-state index contributed by atoms with van der Waals surface area (Å²) >= 11 is 5.00. The molecule has 17 nitrogen and oxygen atoms in total. The summed E-state index contributed by atoms with van der Waals surface area (Å²) in [6.45, 7) is 50.5. The van der Waals surface area contributed by atoms with Crippen LogP contribution in [0.1, 0.15) is 180 Å². The molecule has 2 fully saturated rings. The quantitative estimate of drug-likeness (QED) is 0.0254. The van der Waals surface area contributed by atoms with Crippen molar-refractivity contribution in [3.8, 4) is 0 Å². The van der Waals surface area contributed by atoms with E-state index in [0.717, 1.165) is 19.3 Å². The average Bonchev–Trinajstić information content (AvgIpc) is 0.833. The molecule has 9 aromatic rings. The minimum absolute atomic E-state index is 0. The van der Waals surface area contributed by atoms with Gasteiger partial charge in [-0.05, 0) is 177 Å². The van der Waals surface area contributed by atoms with Gasteiger partial charge in [0, 0.05) is 89.2 Å². The number of esters is 2. The summed E-state index contributed by atoms with van der Waals surface area (Å²) in [7, 11) is -5.45. The van der Waals surface area contributed by atoms with Crippen molar-refractivity contribution in [2.24, 2.45) is 76.9 Å². The number of hydrogen-bond acceptors (Lipinski definition) is 17. The number of halogens is 1. The Kier molecular flexibility index (Phi) is 53.9. The Bertz CT molecular complexity index is 4940. The van der Waals surface area contributed by atoms with Crippen LogP contribution >= 0.6 is 11.1 Å². The summed E-state index contributed by atoms with van der Waals surface area (Å²) in [5.74, 6) is 2.95. The van der Waals surface area contributed by atoms with Crippen LogP contribution in [-0.2, 0) is 67.1 Å². The van der Waals surface area contributed by atoms with Crippen LogP contribution in [0, 0.1) is 108 Å². The molecule has 27 heteroatoms. The van der Waals surface area contributed by atoms with Crippen LogP contribution in [0.15, 0.2) is 291 Å². The average molecular weight is 2290 g/mol. The molecule has 2 saturated heterocycles. The van der Waals surface area contributed by atoms with Gasteiger partial charge in [-0.2, -0.15) is 25.3 Å². The second kappa shape index (κ2) is 61.3. The van der Waals surface area contributed by atoms with Crippen LogP contribution in [0.4, 0.5) is 0 Å². The maximum atomic E-state index is 13.0. The normalized spacial score (nSPS) is 24.9. The standard InChI is InChI=1S/C33H44O4Si2.C18H15ClSi.3C16H22O.C15H30O4Si.BH.3O2S.U/c1-25-30(36-32(34)26(2)31(25)37-38(6,7)33(3,4)5)23-24-35-39(27-17-11-8-12-18-27,28-19-13-9-14-20-28)29-21-15-10-16-22-29;19-20(16-10-4-1-5-11-16,17-12-6-2-7-13-17)18-14-8-3-9-15-18;1-11-12(2)15(9-10-16(17)13(11)3)14-7-5-4-6-8-14;2*1-11-9-10-15(13(3)16(17)12(11)2)14-7-5-4-6-8-14;1-10-12(8-9-16)18-14(17)11(2)13(10)19-20(6,7)15(3,4)5;;3*1-3-2;/h8-22,25-26,30-31H,23-24H2,1-7H3;1-15H;4-9,11-13,16-17H,10H2,1-3H3;2*4-8,10-13,16-17H,9H2,1-3H3;10-13,16H,8-9H2,1-7H3;1H;;;;/t25-,26-,30-,31-;;11-,12+,13-,16+;11-,12-,13+,16+;11-,12-,13+,16-;10-,11-,12-,13-;;;;;/m0.1000...../s1/i;;;;;;1D;;;;. The maximum absolute atomic E-state index is 13.0. The fourth-order valence-electron chi connectivity index (χ4n) is 18.3. The van der Waals surface area contributed by atoms with Gasteiger partial charge in [0.2, 0.25) is 7.38 Å². The number of cyclic esters (lactones) is 2. The van der Waals surface area contributed by atoms with E-state index in [9.17, 15) is 24.9 Å². The van der Waals surface area contributed by atoms with E-state index in [0.29, 0.717) is 60.9 Å². The molecular formula is C114H156BClO17S3Si4U.